The molecule has 0 aromatic heterocycles. The first kappa shape index (κ1) is 65.0. The Balaban J connectivity index is -0.000000396. The molecule has 0 saturated carbocycles. The van der Waals surface area contributed by atoms with Crippen LogP contribution in [0.3, 0.4) is 0 Å². The summed E-state index contributed by atoms with van der Waals surface area (Å²) in [6, 6.07) is 0. The van der Waals surface area contributed by atoms with Gasteiger partial charge in [0.2, 0.25) is 0 Å². The molecule has 0 aliphatic heterocycles. The van der Waals surface area contributed by atoms with Crippen LogP contribution in [0.15, 0.2) is 72.9 Å². The van der Waals surface area contributed by atoms with E-state index in [1.54, 1.807) is 0 Å². The van der Waals surface area contributed by atoms with E-state index >= 15 is 0 Å². The maximum atomic E-state index is 10.2. The van der Waals surface area contributed by atoms with Crippen LogP contribution in [0.1, 0.15) is 252 Å². The number of carbonyl (C=O) groups is 3. The van der Waals surface area contributed by atoms with E-state index in [1.807, 2.05) is 0 Å². The summed E-state index contributed by atoms with van der Waals surface area (Å²) in [7, 11) is 0. The van der Waals surface area contributed by atoms with Crippen molar-refractivity contribution in [1.29, 1.82) is 0 Å². The first-order valence-electron chi connectivity index (χ1n) is 24.8. The third kappa shape index (κ3) is 75.2. The fourth-order valence-corrected chi connectivity index (χ4v) is 6.24. The number of carboxylic acid groups (broad SMARTS) is 3. The summed E-state index contributed by atoms with van der Waals surface area (Å²) >= 11 is 0. The number of rotatable bonds is 42. The fraction of sp³-hybridized carbons (Fsp3) is 0.722. The van der Waals surface area contributed by atoms with Gasteiger partial charge < -0.3 is 29.7 Å². The van der Waals surface area contributed by atoms with Crippen LogP contribution in [0.5, 0.6) is 0 Å². The Bertz CT molecular complexity index is 940. The molecule has 0 bridgehead atoms. The Morgan fingerprint density at radius 3 is 0.656 bits per heavy atom. The van der Waals surface area contributed by atoms with Gasteiger partial charge in [-0.25, -0.2) is 0 Å². The molecule has 0 radical (unpaired) electrons. The molecule has 0 aromatic carbocycles. The molecule has 0 aromatic rings. The second-order valence-electron chi connectivity index (χ2n) is 16.1. The summed E-state index contributed by atoms with van der Waals surface area (Å²) in [5.74, 6) is -2.76. The first-order valence-corrected chi connectivity index (χ1v) is 24.8. The number of carboxylic acids is 3. The predicted octanol–water partition coefficient (Wildman–Crippen LogP) is 13.3. The summed E-state index contributed by atoms with van der Waals surface area (Å²) < 4.78 is 0. The van der Waals surface area contributed by atoms with Gasteiger partial charge in [0.25, 0.3) is 0 Å². The number of allylic oxidation sites excluding steroid dienone is 12. The van der Waals surface area contributed by atoms with E-state index in [4.69, 9.17) is 0 Å². The van der Waals surface area contributed by atoms with Gasteiger partial charge in [-0.2, -0.15) is 0 Å². The van der Waals surface area contributed by atoms with Crippen LogP contribution in [-0.2, 0) is 14.4 Å². The standard InChI is InChI=1S/3C18H32O2.Al/c3*1-2-3-4-5-6-7-8-9-10-11-12-13-14-15-16-17-18(19)20;/h3*6-7,9-10H,2-5,8,11-17H2,1H3,(H,19,20);/q;;;+3/p-3/b3*7-6-,10-9-;. The fourth-order valence-electron chi connectivity index (χ4n) is 6.24. The Labute approximate surface area is 388 Å². The van der Waals surface area contributed by atoms with E-state index in [-0.39, 0.29) is 36.6 Å². The van der Waals surface area contributed by atoms with Crippen LogP contribution in [0.25, 0.3) is 0 Å². The zero-order valence-corrected chi connectivity index (χ0v) is 41.1. The molecule has 0 amide bonds. The largest absolute Gasteiger partial charge is 3.00 e. The van der Waals surface area contributed by atoms with Gasteiger partial charge in [-0.15, -0.1) is 0 Å². The molecular weight excluding hydrogens is 772 g/mol. The molecule has 0 atom stereocenters. The molecule has 61 heavy (non-hydrogen) atoms. The Hall–Kier alpha value is -2.62. The third-order valence-electron chi connectivity index (χ3n) is 9.99. The van der Waals surface area contributed by atoms with Crippen LogP contribution >= 0.6 is 0 Å². The maximum Gasteiger partial charge on any atom is 3.00 e. The molecule has 348 valence electrons. The molecule has 0 rings (SSSR count). The minimum Gasteiger partial charge on any atom is -0.550 e. The van der Waals surface area contributed by atoms with E-state index in [9.17, 15) is 29.7 Å². The Kier molecular flexibility index (Phi) is 65.7. The molecule has 6 nitrogen and oxygen atoms in total. The van der Waals surface area contributed by atoms with Crippen molar-refractivity contribution in [2.24, 2.45) is 0 Å². The second kappa shape index (κ2) is 61.7. The molecule has 0 aliphatic rings. The van der Waals surface area contributed by atoms with Gasteiger partial charge in [-0.3, -0.25) is 0 Å². The minimum atomic E-state index is -0.921. The average molecular weight is 865 g/mol. The van der Waals surface area contributed by atoms with E-state index in [0.717, 1.165) is 96.3 Å². The van der Waals surface area contributed by atoms with E-state index < -0.39 is 17.9 Å². The summed E-state index contributed by atoms with van der Waals surface area (Å²) in [5, 5.41) is 30.6. The molecule has 0 unspecified atom stereocenters. The van der Waals surface area contributed by atoms with E-state index in [1.165, 1.54) is 116 Å². The third-order valence-corrected chi connectivity index (χ3v) is 9.99. The Morgan fingerprint density at radius 1 is 0.279 bits per heavy atom. The van der Waals surface area contributed by atoms with Crippen LogP contribution in [0.4, 0.5) is 0 Å². The quantitative estimate of drug-likeness (QED) is 0.0342. The molecule has 0 spiro atoms. The first-order chi connectivity index (χ1) is 29.3. The number of hydrogen-bond acceptors (Lipinski definition) is 6. The monoisotopic (exact) mass is 865 g/mol. The van der Waals surface area contributed by atoms with Crippen LogP contribution < -0.4 is 15.3 Å². The molecule has 0 aliphatic carbocycles. The summed E-state index contributed by atoms with van der Waals surface area (Å²) in [6.07, 6.45) is 65.8. The number of aliphatic carboxylic acids is 3. The molecule has 0 fully saturated rings. The Morgan fingerprint density at radius 2 is 0.459 bits per heavy atom. The summed E-state index contributed by atoms with van der Waals surface area (Å²) in [6.45, 7) is 6.70. The second-order valence-corrected chi connectivity index (χ2v) is 16.1. The van der Waals surface area contributed by atoms with Gasteiger partial charge in [0, 0.05) is 17.9 Å². The van der Waals surface area contributed by atoms with Crippen LogP contribution in [-0.4, -0.2) is 35.3 Å². The van der Waals surface area contributed by atoms with Gasteiger partial charge in [0.05, 0.1) is 0 Å². The number of hydrogen-bond donors (Lipinski definition) is 0. The van der Waals surface area contributed by atoms with Crippen LogP contribution in [0.2, 0.25) is 0 Å². The molecule has 7 heteroatoms. The van der Waals surface area contributed by atoms with Crippen molar-refractivity contribution in [2.45, 2.75) is 252 Å². The van der Waals surface area contributed by atoms with Crippen molar-refractivity contribution in [1.82, 2.24) is 0 Å². The van der Waals surface area contributed by atoms with E-state index in [2.05, 4.69) is 93.7 Å². The van der Waals surface area contributed by atoms with Crippen molar-refractivity contribution in [2.75, 3.05) is 0 Å². The molecule has 0 N–H and O–H groups in total. The summed E-state index contributed by atoms with van der Waals surface area (Å²) in [4.78, 5) is 30.6. The van der Waals surface area contributed by atoms with E-state index in [0.29, 0.717) is 0 Å². The number of carbonyl (C=O) groups excluding carboxylic acids is 3. The SMILES string of the molecule is CCCCC/C=C\C/C=C\CCCCCCCC(=O)[O-].CCCCC/C=C\C/C=C\CCCCCCCC(=O)[O-].CCCCC/C=C\C/C=C\CCCCCCCC(=O)[O-].[Al+3]. The smallest absolute Gasteiger partial charge is 0.550 e. The number of unbranched alkanes of at least 4 members (excludes halogenated alkanes) is 24. The maximum absolute atomic E-state index is 10.2. The van der Waals surface area contributed by atoms with Gasteiger partial charge >= 0.3 is 17.4 Å². The van der Waals surface area contributed by atoms with Gasteiger partial charge in [0.15, 0.2) is 0 Å². The van der Waals surface area contributed by atoms with Crippen molar-refractivity contribution in [3.63, 3.8) is 0 Å². The topological polar surface area (TPSA) is 120 Å². The molecular formula is C54H93AlO6. The molecule has 0 saturated heterocycles. The van der Waals surface area contributed by atoms with Crippen LogP contribution in [0, 0.1) is 0 Å². The van der Waals surface area contributed by atoms with Gasteiger partial charge in [-0.1, -0.05) is 190 Å². The van der Waals surface area contributed by atoms with Gasteiger partial charge in [0.1, 0.15) is 0 Å². The zero-order valence-electron chi connectivity index (χ0n) is 39.9. The summed E-state index contributed by atoms with van der Waals surface area (Å²) in [5.41, 5.74) is 0. The predicted molar refractivity (Wildman–Crippen MR) is 259 cm³/mol. The van der Waals surface area contributed by atoms with Crippen molar-refractivity contribution >= 4 is 35.3 Å². The average Bonchev–Trinajstić information content (AvgIpc) is 3.22. The van der Waals surface area contributed by atoms with Crippen molar-refractivity contribution in [3.8, 4) is 0 Å². The normalized spacial score (nSPS) is 11.5. The van der Waals surface area contributed by atoms with Gasteiger partial charge in [-0.05, 0) is 135 Å². The van der Waals surface area contributed by atoms with Crippen molar-refractivity contribution < 1.29 is 29.7 Å². The molecule has 0 heterocycles. The minimum absolute atomic E-state index is 0. The zero-order chi connectivity index (χ0) is 44.7. The van der Waals surface area contributed by atoms with Crippen molar-refractivity contribution in [3.05, 3.63) is 72.9 Å².